The predicted octanol–water partition coefficient (Wildman–Crippen LogP) is -1.74. The van der Waals surface area contributed by atoms with E-state index < -0.39 is 22.9 Å². The van der Waals surface area contributed by atoms with Crippen LogP contribution in [0.15, 0.2) is 29.2 Å². The number of aromatic carboxylic acids is 2. The summed E-state index contributed by atoms with van der Waals surface area (Å²) in [4.78, 5) is 35.5. The van der Waals surface area contributed by atoms with Crippen LogP contribution in [-0.4, -0.2) is 16.9 Å². The molecule has 0 saturated carbocycles. The summed E-state index contributed by atoms with van der Waals surface area (Å²) in [6.07, 6.45) is 1.01. The second-order valence-electron chi connectivity index (χ2n) is 3.37. The number of carboxylic acid groups (broad SMARTS) is 2. The average Bonchev–Trinajstić information content (AvgIpc) is 2.28. The molecule has 0 unspecified atom stereocenters. The number of hydrogen-bond donors (Lipinski definition) is 1. The lowest BCUT2D eigenvalue weighted by Crippen LogP contribution is -2.29. The molecule has 0 fully saturated rings. The zero-order chi connectivity index (χ0) is 12.6. The zero-order valence-electron chi connectivity index (χ0n) is 8.35. The molecule has 6 heteroatoms. The Hall–Kier alpha value is -2.63. The molecule has 2 aromatic rings. The van der Waals surface area contributed by atoms with E-state index in [0.717, 1.165) is 12.3 Å². The first-order valence-electron chi connectivity index (χ1n) is 4.59. The molecule has 0 amide bonds. The van der Waals surface area contributed by atoms with E-state index in [-0.39, 0.29) is 10.9 Å². The summed E-state index contributed by atoms with van der Waals surface area (Å²) in [7, 11) is 0. The fraction of sp³-hybridized carbons (Fsp3) is 0. The molecular formula is C11H5NO5-2. The van der Waals surface area contributed by atoms with Crippen LogP contribution >= 0.6 is 0 Å². The number of benzene rings is 1. The Labute approximate surface area is 94.1 Å². The maximum atomic E-state index is 11.7. The lowest BCUT2D eigenvalue weighted by Gasteiger charge is -2.06. The van der Waals surface area contributed by atoms with E-state index in [1.165, 1.54) is 12.1 Å². The van der Waals surface area contributed by atoms with E-state index in [1.807, 2.05) is 0 Å². The second kappa shape index (κ2) is 3.75. The van der Waals surface area contributed by atoms with Crippen molar-refractivity contribution in [3.05, 3.63) is 45.7 Å². The van der Waals surface area contributed by atoms with Gasteiger partial charge in [-0.15, -0.1) is 0 Å². The van der Waals surface area contributed by atoms with Crippen LogP contribution in [0.1, 0.15) is 20.7 Å². The molecule has 1 N–H and O–H groups in total. The van der Waals surface area contributed by atoms with Gasteiger partial charge in [-0.1, -0.05) is 6.07 Å². The topological polar surface area (TPSA) is 113 Å². The van der Waals surface area contributed by atoms with Crippen LogP contribution in [0.5, 0.6) is 0 Å². The predicted molar refractivity (Wildman–Crippen MR) is 53.2 cm³/mol. The van der Waals surface area contributed by atoms with Crippen LogP contribution in [-0.2, 0) is 0 Å². The van der Waals surface area contributed by atoms with Gasteiger partial charge in [-0.05, 0) is 17.7 Å². The third kappa shape index (κ3) is 1.76. The Morgan fingerprint density at radius 3 is 2.41 bits per heavy atom. The van der Waals surface area contributed by atoms with Gasteiger partial charge in [0, 0.05) is 17.1 Å². The van der Waals surface area contributed by atoms with Crippen molar-refractivity contribution < 1.29 is 19.8 Å². The number of fused-ring (bicyclic) bond motifs is 1. The molecule has 6 nitrogen and oxygen atoms in total. The summed E-state index contributed by atoms with van der Waals surface area (Å²) in [6, 6.07) is 3.68. The molecule has 86 valence electrons. The average molecular weight is 231 g/mol. The third-order valence-corrected chi connectivity index (χ3v) is 2.34. The van der Waals surface area contributed by atoms with Gasteiger partial charge in [-0.3, -0.25) is 4.79 Å². The van der Waals surface area contributed by atoms with Crippen LogP contribution in [0.4, 0.5) is 0 Å². The number of carbonyl (C=O) groups is 2. The lowest BCUT2D eigenvalue weighted by molar-refractivity contribution is -0.256. The van der Waals surface area contributed by atoms with E-state index >= 15 is 0 Å². The number of H-pyrrole nitrogens is 1. The highest BCUT2D eigenvalue weighted by molar-refractivity contribution is 5.95. The largest absolute Gasteiger partial charge is 0.545 e. The summed E-state index contributed by atoms with van der Waals surface area (Å²) in [5, 5.41) is 21.2. The number of rotatable bonds is 2. The Bertz CT molecular complexity index is 681. The van der Waals surface area contributed by atoms with Gasteiger partial charge in [0.1, 0.15) is 0 Å². The molecule has 0 radical (unpaired) electrons. The first-order valence-corrected chi connectivity index (χ1v) is 4.59. The van der Waals surface area contributed by atoms with Gasteiger partial charge < -0.3 is 24.8 Å². The molecule has 0 spiro atoms. The molecule has 2 rings (SSSR count). The molecule has 1 aromatic heterocycles. The number of carboxylic acids is 2. The van der Waals surface area contributed by atoms with Crippen molar-refractivity contribution in [2.24, 2.45) is 0 Å². The highest BCUT2D eigenvalue weighted by Gasteiger charge is 2.06. The SMILES string of the molecule is O=C([O-])c1ccc2[nH]cc(C(=O)[O-])c(=O)c2c1. The van der Waals surface area contributed by atoms with Crippen molar-refractivity contribution in [1.29, 1.82) is 0 Å². The molecular weight excluding hydrogens is 226 g/mol. The fourth-order valence-corrected chi connectivity index (χ4v) is 1.50. The van der Waals surface area contributed by atoms with E-state index in [9.17, 15) is 24.6 Å². The van der Waals surface area contributed by atoms with Crippen LogP contribution < -0.4 is 15.6 Å². The quantitative estimate of drug-likeness (QED) is 0.658. The van der Waals surface area contributed by atoms with Gasteiger partial charge in [0.05, 0.1) is 17.5 Å². The smallest absolute Gasteiger partial charge is 0.198 e. The van der Waals surface area contributed by atoms with E-state index in [0.29, 0.717) is 5.52 Å². The molecule has 1 heterocycles. The number of aromatic nitrogens is 1. The fourth-order valence-electron chi connectivity index (χ4n) is 1.50. The van der Waals surface area contributed by atoms with Crippen molar-refractivity contribution in [3.8, 4) is 0 Å². The highest BCUT2D eigenvalue weighted by atomic mass is 16.4. The summed E-state index contributed by atoms with van der Waals surface area (Å²) >= 11 is 0. The highest BCUT2D eigenvalue weighted by Crippen LogP contribution is 2.10. The van der Waals surface area contributed by atoms with E-state index in [2.05, 4.69) is 4.98 Å². The van der Waals surface area contributed by atoms with E-state index in [1.54, 1.807) is 0 Å². The molecule has 0 saturated heterocycles. The molecule has 0 aliphatic carbocycles. The van der Waals surface area contributed by atoms with Gasteiger partial charge in [0.2, 0.25) is 0 Å². The van der Waals surface area contributed by atoms with Crippen LogP contribution in [0.3, 0.4) is 0 Å². The summed E-state index contributed by atoms with van der Waals surface area (Å²) in [6.45, 7) is 0. The molecule has 0 bridgehead atoms. The standard InChI is InChI=1S/C11H7NO5/c13-9-6-3-5(10(14)15)1-2-8(6)12-4-7(9)11(16)17/h1-4H,(H,12,13)(H,14,15)(H,16,17)/p-2. The third-order valence-electron chi connectivity index (χ3n) is 2.34. The van der Waals surface area contributed by atoms with Crippen molar-refractivity contribution >= 4 is 22.8 Å². The normalized spacial score (nSPS) is 10.4. The van der Waals surface area contributed by atoms with E-state index in [4.69, 9.17) is 0 Å². The number of carbonyl (C=O) groups excluding carboxylic acids is 2. The minimum atomic E-state index is -1.62. The van der Waals surface area contributed by atoms with Crippen LogP contribution in [0.2, 0.25) is 0 Å². The maximum absolute atomic E-state index is 11.7. The van der Waals surface area contributed by atoms with Crippen molar-refractivity contribution in [1.82, 2.24) is 4.98 Å². The Morgan fingerprint density at radius 1 is 1.12 bits per heavy atom. The van der Waals surface area contributed by atoms with Crippen molar-refractivity contribution in [2.75, 3.05) is 0 Å². The Kier molecular flexibility index (Phi) is 2.40. The first kappa shape index (κ1) is 10.9. The zero-order valence-corrected chi connectivity index (χ0v) is 8.35. The summed E-state index contributed by atoms with van der Waals surface area (Å²) in [5.41, 5.74) is -1.20. The van der Waals surface area contributed by atoms with Gasteiger partial charge in [0.25, 0.3) is 0 Å². The van der Waals surface area contributed by atoms with Crippen molar-refractivity contribution in [3.63, 3.8) is 0 Å². The monoisotopic (exact) mass is 231 g/mol. The van der Waals surface area contributed by atoms with Gasteiger partial charge in [0.15, 0.2) is 5.43 Å². The molecule has 0 aliphatic heterocycles. The molecule has 17 heavy (non-hydrogen) atoms. The van der Waals surface area contributed by atoms with Gasteiger partial charge >= 0.3 is 0 Å². The molecule has 0 aliphatic rings. The molecule has 1 aromatic carbocycles. The Balaban J connectivity index is 2.83. The maximum Gasteiger partial charge on any atom is 0.198 e. The van der Waals surface area contributed by atoms with Gasteiger partial charge in [-0.2, -0.15) is 0 Å². The van der Waals surface area contributed by atoms with Crippen molar-refractivity contribution in [2.45, 2.75) is 0 Å². The van der Waals surface area contributed by atoms with Crippen LogP contribution in [0.25, 0.3) is 10.9 Å². The minimum Gasteiger partial charge on any atom is -0.545 e. The minimum absolute atomic E-state index is 0.0339. The number of nitrogens with one attached hydrogen (secondary N) is 1. The second-order valence-corrected chi connectivity index (χ2v) is 3.37. The summed E-state index contributed by atoms with van der Waals surface area (Å²) < 4.78 is 0. The number of hydrogen-bond acceptors (Lipinski definition) is 5. The lowest BCUT2D eigenvalue weighted by atomic mass is 10.1. The number of aromatic amines is 1. The summed E-state index contributed by atoms with van der Waals surface area (Å²) in [5.74, 6) is -3.06. The first-order chi connectivity index (χ1) is 8.00. The number of pyridine rings is 1. The van der Waals surface area contributed by atoms with Crippen LogP contribution in [0, 0.1) is 0 Å². The van der Waals surface area contributed by atoms with Gasteiger partial charge in [-0.25, -0.2) is 0 Å². The molecule has 0 atom stereocenters. The Morgan fingerprint density at radius 2 is 1.82 bits per heavy atom.